The number of thioether (sulfide) groups is 1. The summed E-state index contributed by atoms with van der Waals surface area (Å²) in [4.78, 5) is 0. The van der Waals surface area contributed by atoms with Crippen LogP contribution >= 0.6 is 23.4 Å². The van der Waals surface area contributed by atoms with Crippen LogP contribution in [-0.4, -0.2) is 42.2 Å². The van der Waals surface area contributed by atoms with Gasteiger partial charge in [-0.3, -0.25) is 0 Å². The molecule has 1 aromatic carbocycles. The molecule has 2 N–H and O–H groups in total. The standard InChI is InChI=1S/C13H17ClF3NO2S/c14-11-3-1-10(2-4-11)8-20-9-12(19)7-18-5-6-21-13(15,16)17/h1-4,12,18-19H,5-9H2. The van der Waals surface area contributed by atoms with E-state index in [-0.39, 0.29) is 37.2 Å². The van der Waals surface area contributed by atoms with Gasteiger partial charge < -0.3 is 15.2 Å². The van der Waals surface area contributed by atoms with Crippen molar-refractivity contribution in [3.63, 3.8) is 0 Å². The number of aliphatic hydroxyl groups is 1. The van der Waals surface area contributed by atoms with Gasteiger partial charge in [-0.1, -0.05) is 23.7 Å². The summed E-state index contributed by atoms with van der Waals surface area (Å²) in [7, 11) is 0. The molecule has 1 aromatic rings. The van der Waals surface area contributed by atoms with Gasteiger partial charge in [0, 0.05) is 23.9 Å². The number of benzene rings is 1. The van der Waals surface area contributed by atoms with Crippen LogP contribution in [0.1, 0.15) is 5.56 Å². The molecule has 21 heavy (non-hydrogen) atoms. The number of hydrogen-bond acceptors (Lipinski definition) is 4. The van der Waals surface area contributed by atoms with Crippen molar-refractivity contribution in [3.05, 3.63) is 34.9 Å². The summed E-state index contributed by atoms with van der Waals surface area (Å²) in [5.74, 6) is -0.0815. The minimum atomic E-state index is -4.21. The molecule has 3 nitrogen and oxygen atoms in total. The Kier molecular flexibility index (Phi) is 8.43. The molecule has 0 spiro atoms. The van der Waals surface area contributed by atoms with E-state index in [9.17, 15) is 18.3 Å². The van der Waals surface area contributed by atoms with Gasteiger partial charge in [0.25, 0.3) is 0 Å². The van der Waals surface area contributed by atoms with Gasteiger partial charge in [0.15, 0.2) is 0 Å². The lowest BCUT2D eigenvalue weighted by molar-refractivity contribution is -0.0327. The third-order valence-electron chi connectivity index (χ3n) is 2.42. The Balaban J connectivity index is 2.03. The zero-order chi connectivity index (χ0) is 15.7. The fourth-order valence-electron chi connectivity index (χ4n) is 1.46. The van der Waals surface area contributed by atoms with Crippen molar-refractivity contribution in [1.29, 1.82) is 0 Å². The molecular formula is C13H17ClF3NO2S. The van der Waals surface area contributed by atoms with Crippen molar-refractivity contribution in [2.45, 2.75) is 18.2 Å². The van der Waals surface area contributed by atoms with Crippen molar-refractivity contribution in [2.75, 3.05) is 25.4 Å². The molecule has 1 rings (SSSR count). The topological polar surface area (TPSA) is 41.5 Å². The number of rotatable bonds is 9. The Labute approximate surface area is 130 Å². The van der Waals surface area contributed by atoms with Gasteiger partial charge in [-0.25, -0.2) is 0 Å². The SMILES string of the molecule is OC(CNCCSC(F)(F)F)COCc1ccc(Cl)cc1. The van der Waals surface area contributed by atoms with E-state index in [4.69, 9.17) is 16.3 Å². The molecule has 1 unspecified atom stereocenters. The molecule has 0 saturated heterocycles. The minimum Gasteiger partial charge on any atom is -0.389 e. The zero-order valence-corrected chi connectivity index (χ0v) is 12.8. The first-order valence-corrected chi connectivity index (χ1v) is 7.65. The fourth-order valence-corrected chi connectivity index (χ4v) is 2.06. The monoisotopic (exact) mass is 343 g/mol. The van der Waals surface area contributed by atoms with E-state index in [1.54, 1.807) is 12.1 Å². The molecule has 0 fully saturated rings. The van der Waals surface area contributed by atoms with Crippen LogP contribution in [0.3, 0.4) is 0 Å². The maximum atomic E-state index is 11.9. The summed E-state index contributed by atoms with van der Waals surface area (Å²) in [6.07, 6.45) is -0.756. The number of nitrogens with one attached hydrogen (secondary N) is 1. The average molecular weight is 344 g/mol. The Morgan fingerprint density at radius 3 is 2.57 bits per heavy atom. The van der Waals surface area contributed by atoms with E-state index in [1.165, 1.54) is 0 Å². The van der Waals surface area contributed by atoms with Crippen LogP contribution in [0, 0.1) is 0 Å². The van der Waals surface area contributed by atoms with E-state index < -0.39 is 11.6 Å². The van der Waals surface area contributed by atoms with Crippen LogP contribution in [0.5, 0.6) is 0 Å². The Morgan fingerprint density at radius 2 is 1.95 bits per heavy atom. The first-order chi connectivity index (χ1) is 9.87. The minimum absolute atomic E-state index is 0.0815. The fraction of sp³-hybridized carbons (Fsp3) is 0.538. The normalized spacial score (nSPS) is 13.4. The summed E-state index contributed by atoms with van der Waals surface area (Å²) in [6.45, 7) is 0.831. The van der Waals surface area contributed by atoms with Crippen LogP contribution in [-0.2, 0) is 11.3 Å². The molecule has 1 atom stereocenters. The highest BCUT2D eigenvalue weighted by Crippen LogP contribution is 2.29. The average Bonchev–Trinajstić information content (AvgIpc) is 2.39. The van der Waals surface area contributed by atoms with Gasteiger partial charge >= 0.3 is 5.51 Å². The molecule has 0 bridgehead atoms. The van der Waals surface area contributed by atoms with Gasteiger partial charge in [0.2, 0.25) is 0 Å². The molecular weight excluding hydrogens is 327 g/mol. The largest absolute Gasteiger partial charge is 0.441 e. The lowest BCUT2D eigenvalue weighted by Gasteiger charge is -2.12. The Morgan fingerprint density at radius 1 is 1.29 bits per heavy atom. The van der Waals surface area contributed by atoms with E-state index in [0.717, 1.165) is 5.56 Å². The molecule has 0 aromatic heterocycles. The molecule has 0 aliphatic rings. The molecule has 0 aliphatic carbocycles. The second-order valence-electron chi connectivity index (χ2n) is 4.29. The first-order valence-electron chi connectivity index (χ1n) is 6.28. The van der Waals surface area contributed by atoms with Crippen LogP contribution in [0.15, 0.2) is 24.3 Å². The number of halogens is 4. The van der Waals surface area contributed by atoms with E-state index in [2.05, 4.69) is 5.32 Å². The van der Waals surface area contributed by atoms with Crippen LogP contribution in [0.2, 0.25) is 5.02 Å². The molecule has 0 radical (unpaired) electrons. The van der Waals surface area contributed by atoms with E-state index >= 15 is 0 Å². The summed E-state index contributed by atoms with van der Waals surface area (Å²) >= 11 is 5.66. The quantitative estimate of drug-likeness (QED) is 0.676. The molecule has 120 valence electrons. The predicted molar refractivity (Wildman–Crippen MR) is 78.5 cm³/mol. The Bertz CT molecular complexity index is 403. The highest BCUT2D eigenvalue weighted by molar-refractivity contribution is 8.00. The molecule has 0 saturated carbocycles. The number of alkyl halides is 3. The number of hydrogen-bond donors (Lipinski definition) is 2. The Hall–Kier alpha value is -0.470. The predicted octanol–water partition coefficient (Wildman–Crippen LogP) is 3.06. The number of ether oxygens (including phenoxy) is 1. The van der Waals surface area contributed by atoms with Crippen molar-refractivity contribution in [3.8, 4) is 0 Å². The summed E-state index contributed by atoms with van der Waals surface area (Å²) in [5, 5.41) is 13.0. The molecule has 0 heterocycles. The number of aliphatic hydroxyl groups excluding tert-OH is 1. The molecule has 0 aliphatic heterocycles. The van der Waals surface area contributed by atoms with Gasteiger partial charge in [0.1, 0.15) is 0 Å². The van der Waals surface area contributed by atoms with Crippen molar-refractivity contribution < 1.29 is 23.0 Å². The summed E-state index contributed by atoms with van der Waals surface area (Å²) < 4.78 is 40.9. The lowest BCUT2D eigenvalue weighted by Crippen LogP contribution is -2.32. The third-order valence-corrected chi connectivity index (χ3v) is 3.40. The zero-order valence-electron chi connectivity index (χ0n) is 11.2. The van der Waals surface area contributed by atoms with Crippen molar-refractivity contribution in [2.24, 2.45) is 0 Å². The molecule has 8 heteroatoms. The van der Waals surface area contributed by atoms with E-state index in [1.807, 2.05) is 12.1 Å². The van der Waals surface area contributed by atoms with Crippen LogP contribution < -0.4 is 5.32 Å². The van der Waals surface area contributed by atoms with Crippen molar-refractivity contribution in [1.82, 2.24) is 5.32 Å². The maximum absolute atomic E-state index is 11.9. The third kappa shape index (κ3) is 9.97. The second kappa shape index (κ2) is 9.53. The van der Waals surface area contributed by atoms with Crippen LogP contribution in [0.25, 0.3) is 0 Å². The van der Waals surface area contributed by atoms with Crippen molar-refractivity contribution >= 4 is 23.4 Å². The smallest absolute Gasteiger partial charge is 0.389 e. The molecule has 0 amide bonds. The lowest BCUT2D eigenvalue weighted by atomic mass is 10.2. The summed E-state index contributed by atoms with van der Waals surface area (Å²) in [5.41, 5.74) is -3.27. The summed E-state index contributed by atoms with van der Waals surface area (Å²) in [6, 6.07) is 7.13. The van der Waals surface area contributed by atoms with E-state index in [0.29, 0.717) is 11.6 Å². The first kappa shape index (κ1) is 18.6. The maximum Gasteiger partial charge on any atom is 0.441 e. The van der Waals surface area contributed by atoms with Gasteiger partial charge in [0.05, 0.1) is 19.3 Å². The van der Waals surface area contributed by atoms with Gasteiger partial charge in [-0.05, 0) is 29.5 Å². The van der Waals surface area contributed by atoms with Crippen LogP contribution in [0.4, 0.5) is 13.2 Å². The second-order valence-corrected chi connectivity index (χ2v) is 5.89. The van der Waals surface area contributed by atoms with Gasteiger partial charge in [-0.2, -0.15) is 13.2 Å². The highest BCUT2D eigenvalue weighted by atomic mass is 35.5. The highest BCUT2D eigenvalue weighted by Gasteiger charge is 2.27. The van der Waals surface area contributed by atoms with Gasteiger partial charge in [-0.15, -0.1) is 0 Å².